The van der Waals surface area contributed by atoms with E-state index < -0.39 is 0 Å². The summed E-state index contributed by atoms with van der Waals surface area (Å²) in [5, 5.41) is 0. The zero-order valence-electron chi connectivity index (χ0n) is 13.3. The fourth-order valence-corrected chi connectivity index (χ4v) is 2.54. The van der Waals surface area contributed by atoms with Gasteiger partial charge >= 0.3 is 0 Å². The molecule has 0 amide bonds. The van der Waals surface area contributed by atoms with Gasteiger partial charge in [-0.3, -0.25) is 0 Å². The van der Waals surface area contributed by atoms with Gasteiger partial charge in [-0.15, -0.1) is 0 Å². The van der Waals surface area contributed by atoms with Crippen LogP contribution in [0.2, 0.25) is 0 Å². The molecule has 2 heteroatoms. The van der Waals surface area contributed by atoms with Gasteiger partial charge in [0.05, 0.1) is 0 Å². The maximum atomic E-state index is 5.40. The standard InChI is InChI=1S/C19H24O2/c1-14-5-9-16(10-6-14)18(13-19(20-3)21-4)17-11-7-15(2)8-12-17/h5-12,18-19H,13H2,1-4H3. The first-order valence-electron chi connectivity index (χ1n) is 7.32. The van der Waals surface area contributed by atoms with Gasteiger partial charge in [0, 0.05) is 26.6 Å². The van der Waals surface area contributed by atoms with E-state index in [1.165, 1.54) is 22.3 Å². The normalized spacial score (nSPS) is 11.3. The molecule has 2 aromatic rings. The Morgan fingerprint density at radius 1 is 0.714 bits per heavy atom. The van der Waals surface area contributed by atoms with Crippen LogP contribution in [0.3, 0.4) is 0 Å². The number of methoxy groups -OCH3 is 2. The Kier molecular flexibility index (Phi) is 5.54. The Hall–Kier alpha value is -1.64. The van der Waals surface area contributed by atoms with E-state index >= 15 is 0 Å². The third-order valence-corrected chi connectivity index (χ3v) is 3.91. The van der Waals surface area contributed by atoms with E-state index in [4.69, 9.17) is 9.47 Å². The molecule has 2 aromatic carbocycles. The van der Waals surface area contributed by atoms with Crippen LogP contribution in [0.4, 0.5) is 0 Å². The molecule has 0 bridgehead atoms. The van der Waals surface area contributed by atoms with Crippen molar-refractivity contribution in [3.05, 3.63) is 70.8 Å². The molecule has 0 fully saturated rings. The number of hydrogen-bond donors (Lipinski definition) is 0. The van der Waals surface area contributed by atoms with Gasteiger partial charge < -0.3 is 9.47 Å². The second-order valence-electron chi connectivity index (χ2n) is 5.51. The van der Waals surface area contributed by atoms with Crippen molar-refractivity contribution < 1.29 is 9.47 Å². The SMILES string of the molecule is COC(CC(c1ccc(C)cc1)c1ccc(C)cc1)OC. The summed E-state index contributed by atoms with van der Waals surface area (Å²) in [6.07, 6.45) is 0.608. The average Bonchev–Trinajstić information content (AvgIpc) is 2.51. The van der Waals surface area contributed by atoms with Gasteiger partial charge in [-0.25, -0.2) is 0 Å². The van der Waals surface area contributed by atoms with Crippen LogP contribution in [0.25, 0.3) is 0 Å². The number of ether oxygens (including phenoxy) is 2. The topological polar surface area (TPSA) is 18.5 Å². The summed E-state index contributed by atoms with van der Waals surface area (Å²) >= 11 is 0. The first kappa shape index (κ1) is 15.7. The minimum Gasteiger partial charge on any atom is -0.356 e. The third-order valence-electron chi connectivity index (χ3n) is 3.91. The first-order chi connectivity index (χ1) is 10.1. The summed E-state index contributed by atoms with van der Waals surface area (Å²) in [5.74, 6) is 0.274. The lowest BCUT2D eigenvalue weighted by atomic mass is 9.87. The smallest absolute Gasteiger partial charge is 0.157 e. The molecule has 0 radical (unpaired) electrons. The van der Waals surface area contributed by atoms with E-state index in [0.717, 1.165) is 6.42 Å². The molecule has 2 rings (SSSR count). The molecule has 0 aliphatic carbocycles. The molecular formula is C19H24O2. The molecule has 0 heterocycles. The summed E-state index contributed by atoms with van der Waals surface area (Å²) in [7, 11) is 3.38. The third kappa shape index (κ3) is 4.16. The van der Waals surface area contributed by atoms with E-state index in [1.807, 2.05) is 0 Å². The summed E-state index contributed by atoms with van der Waals surface area (Å²) in [5.41, 5.74) is 5.14. The van der Waals surface area contributed by atoms with E-state index in [0.29, 0.717) is 0 Å². The Labute approximate surface area is 127 Å². The van der Waals surface area contributed by atoms with E-state index in [-0.39, 0.29) is 12.2 Å². The highest BCUT2D eigenvalue weighted by Crippen LogP contribution is 2.30. The van der Waals surface area contributed by atoms with Crippen molar-refractivity contribution in [2.24, 2.45) is 0 Å². The van der Waals surface area contributed by atoms with Crippen LogP contribution >= 0.6 is 0 Å². The van der Waals surface area contributed by atoms with Crippen molar-refractivity contribution >= 4 is 0 Å². The van der Waals surface area contributed by atoms with Gasteiger partial charge in [-0.1, -0.05) is 59.7 Å². The van der Waals surface area contributed by atoms with Gasteiger partial charge in [0.15, 0.2) is 6.29 Å². The highest BCUT2D eigenvalue weighted by Gasteiger charge is 2.19. The Balaban J connectivity index is 2.33. The maximum absolute atomic E-state index is 5.40. The Bertz CT molecular complexity index is 493. The number of benzene rings is 2. The van der Waals surface area contributed by atoms with Crippen molar-refractivity contribution in [1.82, 2.24) is 0 Å². The van der Waals surface area contributed by atoms with Crippen molar-refractivity contribution in [1.29, 1.82) is 0 Å². The molecule has 0 aliphatic heterocycles. The van der Waals surface area contributed by atoms with E-state index in [9.17, 15) is 0 Å². The van der Waals surface area contributed by atoms with Gasteiger partial charge in [0.1, 0.15) is 0 Å². The van der Waals surface area contributed by atoms with Crippen LogP contribution in [0.5, 0.6) is 0 Å². The minimum atomic E-state index is -0.197. The van der Waals surface area contributed by atoms with Gasteiger partial charge in [-0.2, -0.15) is 0 Å². The van der Waals surface area contributed by atoms with Crippen LogP contribution in [-0.2, 0) is 9.47 Å². The second kappa shape index (κ2) is 7.39. The summed E-state index contributed by atoms with van der Waals surface area (Å²) in [6.45, 7) is 4.22. The van der Waals surface area contributed by atoms with Crippen molar-refractivity contribution in [3.8, 4) is 0 Å². The summed E-state index contributed by atoms with van der Waals surface area (Å²) in [6, 6.07) is 17.4. The zero-order chi connectivity index (χ0) is 15.2. The van der Waals surface area contributed by atoms with Crippen molar-refractivity contribution in [3.63, 3.8) is 0 Å². The fraction of sp³-hybridized carbons (Fsp3) is 0.368. The predicted molar refractivity (Wildman–Crippen MR) is 86.6 cm³/mol. The molecule has 0 saturated heterocycles. The Morgan fingerprint density at radius 3 is 1.43 bits per heavy atom. The number of aryl methyl sites for hydroxylation is 2. The molecule has 112 valence electrons. The van der Waals surface area contributed by atoms with Gasteiger partial charge in [0.2, 0.25) is 0 Å². The van der Waals surface area contributed by atoms with Crippen molar-refractivity contribution in [2.45, 2.75) is 32.5 Å². The predicted octanol–water partition coefficient (Wildman–Crippen LogP) is 4.44. The number of rotatable bonds is 6. The van der Waals surface area contributed by atoms with Gasteiger partial charge in [-0.05, 0) is 25.0 Å². The zero-order valence-corrected chi connectivity index (χ0v) is 13.3. The average molecular weight is 284 g/mol. The lowest BCUT2D eigenvalue weighted by molar-refractivity contribution is -0.108. The van der Waals surface area contributed by atoms with Crippen LogP contribution in [0.15, 0.2) is 48.5 Å². The first-order valence-corrected chi connectivity index (χ1v) is 7.32. The summed E-state index contributed by atoms with van der Waals surface area (Å²) < 4.78 is 10.8. The summed E-state index contributed by atoms with van der Waals surface area (Å²) in [4.78, 5) is 0. The molecule has 0 aromatic heterocycles. The lowest BCUT2D eigenvalue weighted by Crippen LogP contribution is -2.18. The molecule has 0 atom stereocenters. The van der Waals surface area contributed by atoms with Crippen LogP contribution in [0, 0.1) is 13.8 Å². The van der Waals surface area contributed by atoms with Crippen LogP contribution in [0.1, 0.15) is 34.6 Å². The number of hydrogen-bond acceptors (Lipinski definition) is 2. The monoisotopic (exact) mass is 284 g/mol. The highest BCUT2D eigenvalue weighted by molar-refractivity contribution is 5.35. The molecule has 0 aliphatic rings. The lowest BCUT2D eigenvalue weighted by Gasteiger charge is -2.23. The van der Waals surface area contributed by atoms with Gasteiger partial charge in [0.25, 0.3) is 0 Å². The fourth-order valence-electron chi connectivity index (χ4n) is 2.54. The molecule has 0 N–H and O–H groups in total. The Morgan fingerprint density at radius 2 is 1.10 bits per heavy atom. The quantitative estimate of drug-likeness (QED) is 0.730. The van der Waals surface area contributed by atoms with E-state index in [2.05, 4.69) is 62.4 Å². The molecule has 0 spiro atoms. The van der Waals surface area contributed by atoms with E-state index in [1.54, 1.807) is 14.2 Å². The molecule has 2 nitrogen and oxygen atoms in total. The second-order valence-corrected chi connectivity index (χ2v) is 5.51. The maximum Gasteiger partial charge on any atom is 0.157 e. The molecule has 21 heavy (non-hydrogen) atoms. The molecular weight excluding hydrogens is 260 g/mol. The largest absolute Gasteiger partial charge is 0.356 e. The van der Waals surface area contributed by atoms with Crippen LogP contribution < -0.4 is 0 Å². The van der Waals surface area contributed by atoms with Crippen molar-refractivity contribution in [2.75, 3.05) is 14.2 Å². The highest BCUT2D eigenvalue weighted by atomic mass is 16.7. The van der Waals surface area contributed by atoms with Crippen LogP contribution in [-0.4, -0.2) is 20.5 Å². The minimum absolute atomic E-state index is 0.197. The molecule has 0 unspecified atom stereocenters. The molecule has 0 saturated carbocycles.